The van der Waals surface area contributed by atoms with Crippen LogP contribution in [0, 0.1) is 5.82 Å². The minimum absolute atomic E-state index is 0.0505. The van der Waals surface area contributed by atoms with Crippen LogP contribution in [0.3, 0.4) is 0 Å². The molecule has 0 aliphatic heterocycles. The van der Waals surface area contributed by atoms with E-state index in [1.165, 1.54) is 6.07 Å². The van der Waals surface area contributed by atoms with Gasteiger partial charge in [0.05, 0.1) is 5.69 Å². The lowest BCUT2D eigenvalue weighted by molar-refractivity contribution is 0.462. The highest BCUT2D eigenvalue weighted by molar-refractivity contribution is 5.50. The molecule has 0 unspecified atom stereocenters. The van der Waals surface area contributed by atoms with Crippen molar-refractivity contribution >= 4 is 5.69 Å². The first kappa shape index (κ1) is 13.0. The quantitative estimate of drug-likeness (QED) is 0.852. The Kier molecular flexibility index (Phi) is 3.92. The molecule has 0 aliphatic rings. The summed E-state index contributed by atoms with van der Waals surface area (Å²) in [5, 5.41) is 0. The van der Waals surface area contributed by atoms with Crippen LogP contribution in [0.5, 0.6) is 0 Å². The van der Waals surface area contributed by atoms with E-state index in [1.807, 2.05) is 18.0 Å². The monoisotopic (exact) mass is 224 g/mol. The van der Waals surface area contributed by atoms with E-state index >= 15 is 0 Å². The molecule has 0 saturated heterocycles. The van der Waals surface area contributed by atoms with Crippen LogP contribution in [0.4, 0.5) is 10.1 Å². The van der Waals surface area contributed by atoms with Crippen molar-refractivity contribution < 1.29 is 4.39 Å². The molecule has 0 aliphatic carbocycles. The lowest BCUT2D eigenvalue weighted by atomic mass is 9.99. The zero-order valence-electron chi connectivity index (χ0n) is 10.5. The van der Waals surface area contributed by atoms with Crippen molar-refractivity contribution in [2.75, 3.05) is 11.9 Å². The summed E-state index contributed by atoms with van der Waals surface area (Å²) in [6, 6.07) is 5.19. The van der Waals surface area contributed by atoms with Crippen molar-refractivity contribution in [3.63, 3.8) is 0 Å². The molecule has 0 aromatic heterocycles. The Balaban J connectivity index is 3.05. The van der Waals surface area contributed by atoms with Gasteiger partial charge in [0, 0.05) is 19.1 Å². The first-order valence-corrected chi connectivity index (χ1v) is 5.64. The molecule has 3 heteroatoms. The van der Waals surface area contributed by atoms with Gasteiger partial charge in [0.25, 0.3) is 0 Å². The van der Waals surface area contributed by atoms with Crippen LogP contribution < -0.4 is 10.6 Å². The van der Waals surface area contributed by atoms with E-state index in [2.05, 4.69) is 20.8 Å². The Labute approximate surface area is 97.3 Å². The lowest BCUT2D eigenvalue weighted by Gasteiger charge is -2.37. The molecule has 0 spiro atoms. The van der Waals surface area contributed by atoms with Crippen LogP contribution in [0.2, 0.25) is 0 Å². The summed E-state index contributed by atoms with van der Waals surface area (Å²) in [6.07, 6.45) is 0.960. The topological polar surface area (TPSA) is 29.3 Å². The van der Waals surface area contributed by atoms with E-state index in [0.717, 1.165) is 12.0 Å². The van der Waals surface area contributed by atoms with Crippen molar-refractivity contribution in [1.82, 2.24) is 0 Å². The minimum atomic E-state index is -0.202. The number of hydrogen-bond donors (Lipinski definition) is 1. The molecule has 1 aromatic carbocycles. The summed E-state index contributed by atoms with van der Waals surface area (Å²) in [5.74, 6) is -0.202. The molecule has 2 N–H and O–H groups in total. The molecular weight excluding hydrogens is 203 g/mol. The van der Waals surface area contributed by atoms with Gasteiger partial charge in [-0.05, 0) is 38.0 Å². The Hall–Kier alpha value is -1.09. The van der Waals surface area contributed by atoms with Gasteiger partial charge in [-0.15, -0.1) is 0 Å². The van der Waals surface area contributed by atoms with Gasteiger partial charge in [0.2, 0.25) is 0 Å². The van der Waals surface area contributed by atoms with E-state index in [1.54, 1.807) is 6.07 Å². The molecule has 0 saturated carbocycles. The Bertz CT molecular complexity index is 361. The smallest absolute Gasteiger partial charge is 0.146 e. The van der Waals surface area contributed by atoms with Crippen LogP contribution in [-0.4, -0.2) is 12.6 Å². The molecule has 0 heterocycles. The summed E-state index contributed by atoms with van der Waals surface area (Å²) < 4.78 is 13.9. The Morgan fingerprint density at radius 2 is 2.00 bits per heavy atom. The van der Waals surface area contributed by atoms with Crippen molar-refractivity contribution in [3.8, 4) is 0 Å². The van der Waals surface area contributed by atoms with Crippen LogP contribution >= 0.6 is 0 Å². The maximum absolute atomic E-state index is 13.9. The zero-order chi connectivity index (χ0) is 12.3. The second kappa shape index (κ2) is 4.83. The summed E-state index contributed by atoms with van der Waals surface area (Å²) in [4.78, 5) is 1.97. The molecule has 0 atom stereocenters. The second-order valence-corrected chi connectivity index (χ2v) is 4.71. The second-order valence-electron chi connectivity index (χ2n) is 4.71. The number of rotatable bonds is 4. The summed E-state index contributed by atoms with van der Waals surface area (Å²) in [7, 11) is 1.92. The van der Waals surface area contributed by atoms with E-state index in [9.17, 15) is 4.39 Å². The molecule has 2 nitrogen and oxygen atoms in total. The largest absolute Gasteiger partial charge is 0.367 e. The standard InChI is InChI=1S/C13H21FN2/c1-5-13(2,3)16(4)12-7-6-10(9-15)8-11(12)14/h6-8H,5,9,15H2,1-4H3. The van der Waals surface area contributed by atoms with Gasteiger partial charge in [0.15, 0.2) is 0 Å². The van der Waals surface area contributed by atoms with Gasteiger partial charge >= 0.3 is 0 Å². The number of hydrogen-bond acceptors (Lipinski definition) is 2. The molecular formula is C13H21FN2. The molecule has 0 bridgehead atoms. The number of halogens is 1. The maximum Gasteiger partial charge on any atom is 0.146 e. The molecule has 0 radical (unpaired) electrons. The van der Waals surface area contributed by atoms with Crippen LogP contribution in [-0.2, 0) is 6.54 Å². The SMILES string of the molecule is CCC(C)(C)N(C)c1ccc(CN)cc1F. The molecule has 1 aromatic rings. The summed E-state index contributed by atoms with van der Waals surface area (Å²) in [6.45, 7) is 6.67. The van der Waals surface area contributed by atoms with Crippen molar-refractivity contribution in [1.29, 1.82) is 0 Å². The van der Waals surface area contributed by atoms with Gasteiger partial charge in [-0.2, -0.15) is 0 Å². The lowest BCUT2D eigenvalue weighted by Crippen LogP contribution is -2.41. The van der Waals surface area contributed by atoms with E-state index < -0.39 is 0 Å². The fourth-order valence-electron chi connectivity index (χ4n) is 1.51. The van der Waals surface area contributed by atoms with E-state index in [4.69, 9.17) is 5.73 Å². The molecule has 16 heavy (non-hydrogen) atoms. The highest BCUT2D eigenvalue weighted by atomic mass is 19.1. The van der Waals surface area contributed by atoms with Gasteiger partial charge in [0.1, 0.15) is 5.82 Å². The average molecular weight is 224 g/mol. The molecule has 90 valence electrons. The van der Waals surface area contributed by atoms with Crippen molar-refractivity contribution in [3.05, 3.63) is 29.6 Å². The average Bonchev–Trinajstić information content (AvgIpc) is 2.28. The van der Waals surface area contributed by atoms with Crippen molar-refractivity contribution in [2.24, 2.45) is 5.73 Å². The number of benzene rings is 1. The number of nitrogens with two attached hydrogens (primary N) is 1. The third kappa shape index (κ3) is 2.53. The van der Waals surface area contributed by atoms with E-state index in [0.29, 0.717) is 12.2 Å². The van der Waals surface area contributed by atoms with Gasteiger partial charge in [-0.1, -0.05) is 13.0 Å². The summed E-state index contributed by atoms with van der Waals surface area (Å²) in [5.41, 5.74) is 6.88. The molecule has 0 fully saturated rings. The zero-order valence-corrected chi connectivity index (χ0v) is 10.5. The first-order chi connectivity index (χ1) is 7.42. The predicted molar refractivity (Wildman–Crippen MR) is 67.1 cm³/mol. The van der Waals surface area contributed by atoms with Crippen LogP contribution in [0.25, 0.3) is 0 Å². The fourth-order valence-corrected chi connectivity index (χ4v) is 1.51. The van der Waals surface area contributed by atoms with Gasteiger partial charge in [-0.25, -0.2) is 4.39 Å². The highest BCUT2D eigenvalue weighted by Crippen LogP contribution is 2.27. The highest BCUT2D eigenvalue weighted by Gasteiger charge is 2.23. The Morgan fingerprint density at radius 3 is 2.44 bits per heavy atom. The normalized spacial score (nSPS) is 11.6. The minimum Gasteiger partial charge on any atom is -0.367 e. The van der Waals surface area contributed by atoms with E-state index in [-0.39, 0.29) is 11.4 Å². The van der Waals surface area contributed by atoms with Gasteiger partial charge in [-0.3, -0.25) is 0 Å². The molecule has 0 amide bonds. The maximum atomic E-state index is 13.9. The third-order valence-electron chi connectivity index (χ3n) is 3.38. The van der Waals surface area contributed by atoms with Crippen molar-refractivity contribution in [2.45, 2.75) is 39.3 Å². The number of anilines is 1. The first-order valence-electron chi connectivity index (χ1n) is 5.64. The predicted octanol–water partition coefficient (Wildman–Crippen LogP) is 2.91. The van der Waals surface area contributed by atoms with Crippen LogP contribution in [0.1, 0.15) is 32.8 Å². The van der Waals surface area contributed by atoms with Crippen LogP contribution in [0.15, 0.2) is 18.2 Å². The Morgan fingerprint density at radius 1 is 1.38 bits per heavy atom. The number of nitrogens with zero attached hydrogens (tertiary/aromatic N) is 1. The summed E-state index contributed by atoms with van der Waals surface area (Å²) >= 11 is 0. The fraction of sp³-hybridized carbons (Fsp3) is 0.538. The molecule has 1 rings (SSSR count). The van der Waals surface area contributed by atoms with Gasteiger partial charge < -0.3 is 10.6 Å². The third-order valence-corrected chi connectivity index (χ3v) is 3.38.